The highest BCUT2D eigenvalue weighted by atomic mass is 16.5. The van der Waals surface area contributed by atoms with Gasteiger partial charge in [0.05, 0.1) is 0 Å². The molecule has 1 saturated heterocycles. The predicted molar refractivity (Wildman–Crippen MR) is 76.9 cm³/mol. The van der Waals surface area contributed by atoms with Gasteiger partial charge in [-0.3, -0.25) is 4.79 Å². The first kappa shape index (κ1) is 14.8. The summed E-state index contributed by atoms with van der Waals surface area (Å²) < 4.78 is 5.65. The number of ether oxygens (including phenoxy) is 1. The molecule has 2 aliphatic rings. The summed E-state index contributed by atoms with van der Waals surface area (Å²) in [6.07, 6.45) is 7.56. The van der Waals surface area contributed by atoms with Gasteiger partial charge in [0, 0.05) is 6.42 Å². The second-order valence-corrected chi connectivity index (χ2v) is 6.61. The molecule has 2 fully saturated rings. The summed E-state index contributed by atoms with van der Waals surface area (Å²) >= 11 is 0. The van der Waals surface area contributed by atoms with Gasteiger partial charge >= 0.3 is 5.97 Å². The molecule has 1 aliphatic carbocycles. The highest BCUT2D eigenvalue weighted by Crippen LogP contribution is 2.31. The van der Waals surface area contributed by atoms with Crippen LogP contribution in [0.5, 0.6) is 0 Å². The standard InChI is InChI=1S/C16H29NO2/c1-12-3-5-15(11-13(12)2)19-16(18)6-4-14-7-9-17-10-8-14/h12-15,17H,3-11H2,1-2H3. The Morgan fingerprint density at radius 2 is 1.84 bits per heavy atom. The number of hydrogen-bond donors (Lipinski definition) is 1. The SMILES string of the molecule is CC1CCC(OC(=O)CCC2CCNCC2)CC1C. The number of esters is 1. The number of hydrogen-bond acceptors (Lipinski definition) is 3. The molecule has 2 rings (SSSR count). The Hall–Kier alpha value is -0.570. The second kappa shape index (κ2) is 7.28. The molecule has 3 nitrogen and oxygen atoms in total. The van der Waals surface area contributed by atoms with Gasteiger partial charge < -0.3 is 10.1 Å². The van der Waals surface area contributed by atoms with E-state index in [0.717, 1.165) is 44.2 Å². The molecule has 3 unspecified atom stereocenters. The zero-order valence-electron chi connectivity index (χ0n) is 12.5. The average Bonchev–Trinajstić information content (AvgIpc) is 2.42. The van der Waals surface area contributed by atoms with E-state index in [0.29, 0.717) is 12.3 Å². The molecule has 0 radical (unpaired) electrons. The van der Waals surface area contributed by atoms with Crippen LogP contribution in [-0.4, -0.2) is 25.2 Å². The smallest absolute Gasteiger partial charge is 0.306 e. The van der Waals surface area contributed by atoms with Gasteiger partial charge in [0.15, 0.2) is 0 Å². The fourth-order valence-electron chi connectivity index (χ4n) is 3.34. The van der Waals surface area contributed by atoms with Crippen molar-refractivity contribution in [3.8, 4) is 0 Å². The first-order valence-corrected chi connectivity index (χ1v) is 8.05. The molecular formula is C16H29NO2. The highest BCUT2D eigenvalue weighted by Gasteiger charge is 2.27. The van der Waals surface area contributed by atoms with Crippen molar-refractivity contribution in [3.63, 3.8) is 0 Å². The molecular weight excluding hydrogens is 238 g/mol. The van der Waals surface area contributed by atoms with Crippen molar-refractivity contribution in [1.29, 1.82) is 0 Å². The molecule has 19 heavy (non-hydrogen) atoms. The Morgan fingerprint density at radius 3 is 2.53 bits per heavy atom. The highest BCUT2D eigenvalue weighted by molar-refractivity contribution is 5.69. The van der Waals surface area contributed by atoms with Crippen LogP contribution in [0.15, 0.2) is 0 Å². The summed E-state index contributed by atoms with van der Waals surface area (Å²) in [5.41, 5.74) is 0. The number of carbonyl (C=O) groups is 1. The minimum Gasteiger partial charge on any atom is -0.462 e. The molecule has 0 amide bonds. The second-order valence-electron chi connectivity index (χ2n) is 6.61. The summed E-state index contributed by atoms with van der Waals surface area (Å²) in [5.74, 6) is 2.23. The van der Waals surface area contributed by atoms with Crippen LogP contribution in [0.25, 0.3) is 0 Å². The van der Waals surface area contributed by atoms with Crippen LogP contribution in [0, 0.1) is 17.8 Å². The van der Waals surface area contributed by atoms with E-state index in [4.69, 9.17) is 4.74 Å². The molecule has 1 heterocycles. The fraction of sp³-hybridized carbons (Fsp3) is 0.938. The summed E-state index contributed by atoms with van der Waals surface area (Å²) in [7, 11) is 0. The fourth-order valence-corrected chi connectivity index (χ4v) is 3.34. The maximum absolute atomic E-state index is 11.9. The third kappa shape index (κ3) is 4.79. The Labute approximate surface area is 117 Å². The lowest BCUT2D eigenvalue weighted by Crippen LogP contribution is -2.30. The van der Waals surface area contributed by atoms with Crippen LogP contribution >= 0.6 is 0 Å². The lowest BCUT2D eigenvalue weighted by atomic mass is 9.80. The van der Waals surface area contributed by atoms with E-state index >= 15 is 0 Å². The molecule has 0 spiro atoms. The largest absolute Gasteiger partial charge is 0.462 e. The Kier molecular flexibility index (Phi) is 5.68. The van der Waals surface area contributed by atoms with E-state index in [1.165, 1.54) is 19.3 Å². The van der Waals surface area contributed by atoms with E-state index in [9.17, 15) is 4.79 Å². The van der Waals surface area contributed by atoms with Gasteiger partial charge in [-0.25, -0.2) is 0 Å². The van der Waals surface area contributed by atoms with Crippen molar-refractivity contribution in [2.75, 3.05) is 13.1 Å². The normalized spacial score (nSPS) is 33.1. The monoisotopic (exact) mass is 267 g/mol. The molecule has 0 aromatic carbocycles. The molecule has 1 saturated carbocycles. The summed E-state index contributed by atoms with van der Waals surface area (Å²) in [6, 6.07) is 0. The average molecular weight is 267 g/mol. The van der Waals surface area contributed by atoms with Gasteiger partial charge in [-0.05, 0) is 69.4 Å². The minimum atomic E-state index is 0.0327. The van der Waals surface area contributed by atoms with Crippen molar-refractivity contribution < 1.29 is 9.53 Å². The molecule has 1 aliphatic heterocycles. The van der Waals surface area contributed by atoms with Gasteiger partial charge in [-0.2, -0.15) is 0 Å². The molecule has 0 aromatic heterocycles. The van der Waals surface area contributed by atoms with Gasteiger partial charge in [0.2, 0.25) is 0 Å². The zero-order valence-corrected chi connectivity index (χ0v) is 12.5. The van der Waals surface area contributed by atoms with Crippen LogP contribution in [0.4, 0.5) is 0 Å². The quantitative estimate of drug-likeness (QED) is 0.795. The summed E-state index contributed by atoms with van der Waals surface area (Å²) in [6.45, 7) is 6.80. The van der Waals surface area contributed by atoms with Crippen molar-refractivity contribution in [2.45, 2.75) is 64.9 Å². The van der Waals surface area contributed by atoms with Gasteiger partial charge in [0.25, 0.3) is 0 Å². The van der Waals surface area contributed by atoms with Crippen LogP contribution in [-0.2, 0) is 9.53 Å². The Bertz CT molecular complexity index is 286. The van der Waals surface area contributed by atoms with Crippen LogP contribution in [0.1, 0.15) is 58.8 Å². The van der Waals surface area contributed by atoms with Crippen molar-refractivity contribution >= 4 is 5.97 Å². The number of carbonyl (C=O) groups excluding carboxylic acids is 1. The van der Waals surface area contributed by atoms with Crippen molar-refractivity contribution in [3.05, 3.63) is 0 Å². The first-order valence-electron chi connectivity index (χ1n) is 8.05. The third-order valence-corrected chi connectivity index (χ3v) is 5.06. The van der Waals surface area contributed by atoms with E-state index in [1.54, 1.807) is 0 Å². The first-order chi connectivity index (χ1) is 9.15. The lowest BCUT2D eigenvalue weighted by Gasteiger charge is -2.31. The predicted octanol–water partition coefficient (Wildman–Crippen LogP) is 3.13. The van der Waals surface area contributed by atoms with Gasteiger partial charge in [-0.15, -0.1) is 0 Å². The Morgan fingerprint density at radius 1 is 1.11 bits per heavy atom. The molecule has 3 heteroatoms. The maximum atomic E-state index is 11.9. The van der Waals surface area contributed by atoms with Gasteiger partial charge in [0.1, 0.15) is 6.10 Å². The minimum absolute atomic E-state index is 0.0327. The zero-order chi connectivity index (χ0) is 13.7. The van der Waals surface area contributed by atoms with E-state index in [-0.39, 0.29) is 12.1 Å². The number of nitrogens with one attached hydrogen (secondary N) is 1. The van der Waals surface area contributed by atoms with E-state index < -0.39 is 0 Å². The summed E-state index contributed by atoms with van der Waals surface area (Å²) in [5, 5.41) is 3.36. The van der Waals surface area contributed by atoms with Crippen molar-refractivity contribution in [2.24, 2.45) is 17.8 Å². The topological polar surface area (TPSA) is 38.3 Å². The molecule has 3 atom stereocenters. The van der Waals surface area contributed by atoms with E-state index in [1.807, 2.05) is 0 Å². The van der Waals surface area contributed by atoms with E-state index in [2.05, 4.69) is 19.2 Å². The van der Waals surface area contributed by atoms with Gasteiger partial charge in [-0.1, -0.05) is 13.8 Å². The maximum Gasteiger partial charge on any atom is 0.306 e. The van der Waals surface area contributed by atoms with Crippen LogP contribution < -0.4 is 5.32 Å². The molecule has 110 valence electrons. The Balaban J connectivity index is 1.63. The molecule has 0 bridgehead atoms. The van der Waals surface area contributed by atoms with Crippen molar-refractivity contribution in [1.82, 2.24) is 5.32 Å². The lowest BCUT2D eigenvalue weighted by molar-refractivity contribution is -0.152. The molecule has 1 N–H and O–H groups in total. The number of rotatable bonds is 4. The third-order valence-electron chi connectivity index (χ3n) is 5.06. The number of piperidine rings is 1. The van der Waals surface area contributed by atoms with Crippen LogP contribution in [0.2, 0.25) is 0 Å². The molecule has 0 aromatic rings. The summed E-state index contributed by atoms with van der Waals surface area (Å²) in [4.78, 5) is 11.9. The van der Waals surface area contributed by atoms with Crippen LogP contribution in [0.3, 0.4) is 0 Å².